The Labute approximate surface area is 168 Å². The van der Waals surface area contributed by atoms with E-state index in [1.165, 1.54) is 18.2 Å². The number of fused-ring (bicyclic) bond motifs is 1. The van der Waals surface area contributed by atoms with Gasteiger partial charge in [-0.2, -0.15) is 0 Å². The number of pyridine rings is 1. The first-order valence-corrected chi connectivity index (χ1v) is 8.64. The average molecular weight is 422 g/mol. The summed E-state index contributed by atoms with van der Waals surface area (Å²) in [6.45, 7) is 1.55. The number of esters is 1. The second-order valence-electron chi connectivity index (χ2n) is 6.42. The predicted molar refractivity (Wildman–Crippen MR) is 103 cm³/mol. The van der Waals surface area contributed by atoms with Gasteiger partial charge in [-0.25, -0.2) is 4.79 Å². The molecule has 3 N–H and O–H groups in total. The van der Waals surface area contributed by atoms with Crippen molar-refractivity contribution in [3.63, 3.8) is 0 Å². The van der Waals surface area contributed by atoms with Crippen molar-refractivity contribution in [2.24, 2.45) is 0 Å². The van der Waals surface area contributed by atoms with E-state index in [0.29, 0.717) is 5.56 Å². The number of anilines is 1. The van der Waals surface area contributed by atoms with Gasteiger partial charge in [-0.1, -0.05) is 12.1 Å². The zero-order valence-electron chi connectivity index (χ0n) is 15.9. The summed E-state index contributed by atoms with van der Waals surface area (Å²) in [5, 5.41) is 9.83. The molecular formula is C20H17F3N2O5. The first-order chi connectivity index (χ1) is 14.0. The molecule has 0 unspecified atom stereocenters. The lowest BCUT2D eigenvalue weighted by atomic mass is 10.1. The smallest absolute Gasteiger partial charge is 0.465 e. The number of rotatable bonds is 4. The van der Waals surface area contributed by atoms with Crippen LogP contribution in [0.3, 0.4) is 0 Å². The number of hydrogen-bond acceptors (Lipinski definition) is 6. The number of nitrogens with zero attached hydrogens (tertiary/aromatic N) is 1. The summed E-state index contributed by atoms with van der Waals surface area (Å²) in [4.78, 5) is 25.2. The van der Waals surface area contributed by atoms with Crippen LogP contribution in [0.2, 0.25) is 0 Å². The van der Waals surface area contributed by atoms with Gasteiger partial charge in [0, 0.05) is 17.1 Å². The summed E-state index contributed by atoms with van der Waals surface area (Å²) in [5.41, 5.74) is 5.22. The normalized spacial score (nSPS) is 12.6. The van der Waals surface area contributed by atoms with Gasteiger partial charge in [-0.15, -0.1) is 13.2 Å². The molecule has 3 aromatic rings. The minimum Gasteiger partial charge on any atom is -0.465 e. The SMILES string of the molecule is COC(=O)c1c(N)c2ccc(OC(F)(F)F)cc2n(-c2ccc([C@@H](C)O)cc2)c1=O. The summed E-state index contributed by atoms with van der Waals surface area (Å²) in [6.07, 6.45) is -5.70. The third-order valence-corrected chi connectivity index (χ3v) is 4.44. The van der Waals surface area contributed by atoms with E-state index in [0.717, 1.165) is 23.8 Å². The number of carbonyl (C=O) groups is 1. The molecule has 1 heterocycles. The second-order valence-corrected chi connectivity index (χ2v) is 6.42. The van der Waals surface area contributed by atoms with Crippen LogP contribution in [0.1, 0.15) is 28.9 Å². The van der Waals surface area contributed by atoms with E-state index in [1.807, 2.05) is 0 Å². The minimum atomic E-state index is -4.94. The Hall–Kier alpha value is -3.53. The number of aliphatic hydroxyl groups is 1. The number of nitrogen functional groups attached to an aromatic ring is 1. The molecule has 7 nitrogen and oxygen atoms in total. The Morgan fingerprint density at radius 3 is 2.33 bits per heavy atom. The summed E-state index contributed by atoms with van der Waals surface area (Å²) in [5.74, 6) is -1.54. The molecule has 3 rings (SSSR count). The van der Waals surface area contributed by atoms with Crippen LogP contribution in [0, 0.1) is 0 Å². The molecule has 10 heteroatoms. The van der Waals surface area contributed by atoms with Crippen LogP contribution in [0.25, 0.3) is 16.6 Å². The maximum Gasteiger partial charge on any atom is 0.573 e. The fourth-order valence-corrected chi connectivity index (χ4v) is 3.05. The molecule has 0 saturated carbocycles. The van der Waals surface area contributed by atoms with E-state index in [1.54, 1.807) is 19.1 Å². The lowest BCUT2D eigenvalue weighted by Crippen LogP contribution is -2.28. The van der Waals surface area contributed by atoms with Crippen molar-refractivity contribution in [1.82, 2.24) is 4.57 Å². The molecule has 0 radical (unpaired) electrons. The van der Waals surface area contributed by atoms with E-state index in [4.69, 9.17) is 5.73 Å². The zero-order chi connectivity index (χ0) is 22.2. The molecular weight excluding hydrogens is 405 g/mol. The Morgan fingerprint density at radius 2 is 1.80 bits per heavy atom. The predicted octanol–water partition coefficient (Wildman–Crippen LogP) is 3.31. The zero-order valence-corrected chi connectivity index (χ0v) is 15.9. The second kappa shape index (κ2) is 7.71. The molecule has 0 aliphatic heterocycles. The molecule has 0 amide bonds. The fourth-order valence-electron chi connectivity index (χ4n) is 3.05. The van der Waals surface area contributed by atoms with Crippen molar-refractivity contribution in [2.75, 3.05) is 12.8 Å². The number of benzene rings is 2. The molecule has 30 heavy (non-hydrogen) atoms. The Balaban J connectivity index is 2.36. The third-order valence-electron chi connectivity index (χ3n) is 4.44. The number of carbonyl (C=O) groups excluding carboxylic acids is 1. The molecule has 0 fully saturated rings. The summed E-state index contributed by atoms with van der Waals surface area (Å²) in [6, 6.07) is 9.31. The van der Waals surface area contributed by atoms with Crippen molar-refractivity contribution in [3.8, 4) is 11.4 Å². The van der Waals surface area contributed by atoms with Gasteiger partial charge in [-0.3, -0.25) is 9.36 Å². The molecule has 1 atom stereocenters. The first-order valence-electron chi connectivity index (χ1n) is 8.64. The van der Waals surface area contributed by atoms with Gasteiger partial charge in [0.1, 0.15) is 11.3 Å². The summed E-state index contributed by atoms with van der Waals surface area (Å²) < 4.78 is 47.6. The number of aliphatic hydroxyl groups excluding tert-OH is 1. The molecule has 0 spiro atoms. The van der Waals surface area contributed by atoms with Gasteiger partial charge < -0.3 is 20.3 Å². The van der Waals surface area contributed by atoms with Crippen LogP contribution in [0.5, 0.6) is 5.75 Å². The minimum absolute atomic E-state index is 0.00306. The van der Waals surface area contributed by atoms with E-state index in [2.05, 4.69) is 9.47 Å². The highest BCUT2D eigenvalue weighted by molar-refractivity contribution is 6.04. The number of methoxy groups -OCH3 is 1. The molecule has 0 aliphatic rings. The highest BCUT2D eigenvalue weighted by Gasteiger charge is 2.31. The lowest BCUT2D eigenvalue weighted by molar-refractivity contribution is -0.274. The van der Waals surface area contributed by atoms with Gasteiger partial charge in [0.05, 0.1) is 24.4 Å². The molecule has 158 valence electrons. The quantitative estimate of drug-likeness (QED) is 0.626. The molecule has 0 bridgehead atoms. The monoisotopic (exact) mass is 422 g/mol. The van der Waals surface area contributed by atoms with E-state index >= 15 is 0 Å². The van der Waals surface area contributed by atoms with Crippen LogP contribution in [0.15, 0.2) is 47.3 Å². The van der Waals surface area contributed by atoms with Crippen LogP contribution in [-0.2, 0) is 4.74 Å². The van der Waals surface area contributed by atoms with Crippen molar-refractivity contribution in [3.05, 3.63) is 63.9 Å². The average Bonchev–Trinajstić information content (AvgIpc) is 2.67. The van der Waals surface area contributed by atoms with Gasteiger partial charge in [-0.05, 0) is 36.8 Å². The van der Waals surface area contributed by atoms with Crippen LogP contribution >= 0.6 is 0 Å². The highest BCUT2D eigenvalue weighted by atomic mass is 19.4. The fraction of sp³-hybridized carbons (Fsp3) is 0.200. The number of ether oxygens (including phenoxy) is 2. The van der Waals surface area contributed by atoms with Crippen LogP contribution < -0.4 is 16.0 Å². The Morgan fingerprint density at radius 1 is 1.17 bits per heavy atom. The van der Waals surface area contributed by atoms with Crippen LogP contribution in [0.4, 0.5) is 18.9 Å². The van der Waals surface area contributed by atoms with E-state index < -0.39 is 35.3 Å². The Bertz CT molecular complexity index is 1170. The van der Waals surface area contributed by atoms with E-state index in [9.17, 15) is 27.9 Å². The largest absolute Gasteiger partial charge is 0.573 e. The third kappa shape index (κ3) is 3.94. The number of hydrogen-bond donors (Lipinski definition) is 2. The maximum atomic E-state index is 13.1. The summed E-state index contributed by atoms with van der Waals surface area (Å²) in [7, 11) is 1.08. The molecule has 0 saturated heterocycles. The number of alkyl halides is 3. The van der Waals surface area contributed by atoms with Gasteiger partial charge in [0.2, 0.25) is 0 Å². The van der Waals surface area contributed by atoms with E-state index in [-0.39, 0.29) is 22.3 Å². The number of aromatic nitrogens is 1. The summed E-state index contributed by atoms with van der Waals surface area (Å²) >= 11 is 0. The molecule has 2 aromatic carbocycles. The van der Waals surface area contributed by atoms with Gasteiger partial charge in [0.15, 0.2) is 0 Å². The topological polar surface area (TPSA) is 104 Å². The molecule has 0 aliphatic carbocycles. The number of halogens is 3. The molecule has 1 aromatic heterocycles. The van der Waals surface area contributed by atoms with Gasteiger partial charge in [0.25, 0.3) is 5.56 Å². The van der Waals surface area contributed by atoms with Gasteiger partial charge >= 0.3 is 12.3 Å². The van der Waals surface area contributed by atoms with Crippen molar-refractivity contribution in [2.45, 2.75) is 19.4 Å². The number of nitrogens with two attached hydrogens (primary N) is 1. The van der Waals surface area contributed by atoms with Crippen molar-refractivity contribution < 1.29 is 32.5 Å². The maximum absolute atomic E-state index is 13.1. The lowest BCUT2D eigenvalue weighted by Gasteiger charge is -2.17. The highest BCUT2D eigenvalue weighted by Crippen LogP contribution is 2.31. The van der Waals surface area contributed by atoms with Crippen LogP contribution in [-0.4, -0.2) is 29.1 Å². The van der Waals surface area contributed by atoms with Crippen molar-refractivity contribution >= 4 is 22.6 Å². The van der Waals surface area contributed by atoms with Crippen molar-refractivity contribution in [1.29, 1.82) is 0 Å². The standard InChI is InChI=1S/C20H17F3N2O5/c1-10(26)11-3-5-12(6-4-11)25-15-9-13(30-20(21,22)23)7-8-14(15)17(24)16(18(25)27)19(28)29-2/h3-10,26H,24H2,1-2H3/t10-/m1/s1. The Kier molecular flexibility index (Phi) is 5.45. The first kappa shape index (κ1) is 21.2.